The van der Waals surface area contributed by atoms with Crippen molar-refractivity contribution in [3.05, 3.63) is 88.0 Å². The quantitative estimate of drug-likeness (QED) is 0.0248. The Morgan fingerprint density at radius 1 is 0.808 bits per heavy atom. The average molecular weight is 1090 g/mol. The SMILES string of the molecule is C=CCOC12Oc3ccc(OC(=O)NCCCCCCCCCCCC)cc3C3C(CCCCO)C(CCCCO)C=C(C(=NOCc4ccc([N+](=O)[O-])cc4)CC1N(CCC)C(=O)OCCCCCCCCCCCC)C32. The minimum atomic E-state index is -1.49. The predicted molar refractivity (Wildman–Crippen MR) is 309 cm³/mol. The molecule has 0 aromatic heterocycles. The first-order valence-corrected chi connectivity index (χ1v) is 30.5. The van der Waals surface area contributed by atoms with Gasteiger partial charge in [-0.2, -0.15) is 0 Å². The van der Waals surface area contributed by atoms with Gasteiger partial charge in [-0.1, -0.05) is 166 Å². The standard InChI is InChI=1S/C63H98N4O11/c1-5-9-11-13-15-17-19-21-23-27-39-64-61(70)77-52-37-38-57-55(46-52)59-53(32-26-29-42-69)50(31-25-28-41-68)45-54-56(65-76-48-49-33-35-51(36-34-49)67(72)73)47-58(63(78-57,60(54)59)75-43-8-4)66(40-7-3)62(71)74-44-30-24-22-20-18-16-14-12-10-6-2/h8,33-38,45-46,50,53,58-60,68-69H,4-7,9-32,39-44,47-48H2,1-3H3,(H,64,70). The number of fused-ring (bicyclic) bond motifs is 2. The van der Waals surface area contributed by atoms with Crippen LogP contribution in [-0.4, -0.2) is 89.3 Å². The highest BCUT2D eigenvalue weighted by Crippen LogP contribution is 2.62. The summed E-state index contributed by atoms with van der Waals surface area (Å²) in [4.78, 5) is 47.2. The maximum absolute atomic E-state index is 14.8. The van der Waals surface area contributed by atoms with Crippen LogP contribution in [0, 0.1) is 27.9 Å². The summed E-state index contributed by atoms with van der Waals surface area (Å²) in [6.07, 6.45) is 31.6. The molecule has 2 aliphatic carbocycles. The van der Waals surface area contributed by atoms with Gasteiger partial charge in [-0.25, -0.2) is 9.59 Å². The number of allylic oxidation sites excluding steroid dienone is 1. The van der Waals surface area contributed by atoms with Crippen molar-refractivity contribution in [3.8, 4) is 11.5 Å². The molecule has 2 amide bonds. The van der Waals surface area contributed by atoms with Crippen molar-refractivity contribution in [2.24, 2.45) is 22.9 Å². The van der Waals surface area contributed by atoms with Gasteiger partial charge < -0.3 is 39.3 Å². The van der Waals surface area contributed by atoms with Crippen LogP contribution in [0.15, 0.2) is 71.9 Å². The van der Waals surface area contributed by atoms with E-state index in [0.717, 1.165) is 75.3 Å². The fourth-order valence-corrected chi connectivity index (χ4v) is 12.0. The van der Waals surface area contributed by atoms with Crippen LogP contribution in [0.1, 0.15) is 218 Å². The zero-order valence-electron chi connectivity index (χ0n) is 47.9. The van der Waals surface area contributed by atoms with E-state index in [9.17, 15) is 29.9 Å². The van der Waals surface area contributed by atoms with E-state index < -0.39 is 34.9 Å². The highest BCUT2D eigenvalue weighted by Gasteiger charge is 2.65. The molecule has 3 aliphatic rings. The summed E-state index contributed by atoms with van der Waals surface area (Å²) < 4.78 is 26.8. The Bertz CT molecular complexity index is 2130. The first-order valence-electron chi connectivity index (χ1n) is 30.5. The Hall–Kier alpha value is -4.99. The number of non-ortho nitro benzene ring substituents is 1. The number of benzene rings is 2. The largest absolute Gasteiger partial charge is 0.459 e. The maximum atomic E-state index is 14.8. The minimum absolute atomic E-state index is 0.0160. The van der Waals surface area contributed by atoms with Gasteiger partial charge in [0.05, 0.1) is 29.8 Å². The van der Waals surface area contributed by atoms with E-state index in [4.69, 9.17) is 28.9 Å². The molecule has 2 aromatic rings. The number of ether oxygens (including phenoxy) is 4. The molecular formula is C63H98N4O11. The van der Waals surface area contributed by atoms with Gasteiger partial charge in [0.15, 0.2) is 0 Å². The molecule has 0 radical (unpaired) electrons. The monoisotopic (exact) mass is 1090 g/mol. The second-order valence-corrected chi connectivity index (χ2v) is 22.0. The number of rotatable bonds is 41. The van der Waals surface area contributed by atoms with Crippen molar-refractivity contribution in [2.75, 3.05) is 39.5 Å². The number of amides is 2. The molecule has 3 N–H and O–H groups in total. The predicted octanol–water partition coefficient (Wildman–Crippen LogP) is 15.2. The molecule has 5 rings (SSSR count). The smallest absolute Gasteiger partial charge is 0.412 e. The second kappa shape index (κ2) is 36.3. The van der Waals surface area contributed by atoms with Gasteiger partial charge in [0.25, 0.3) is 5.69 Å². The highest BCUT2D eigenvalue weighted by molar-refractivity contribution is 6.03. The first kappa shape index (κ1) is 63.8. The molecule has 6 unspecified atom stereocenters. The Balaban J connectivity index is 1.51. The molecule has 1 fully saturated rings. The number of oxime groups is 1. The summed E-state index contributed by atoms with van der Waals surface area (Å²) in [5, 5.41) is 39.5. The van der Waals surface area contributed by atoms with Gasteiger partial charge in [0.2, 0.25) is 5.79 Å². The molecule has 15 nitrogen and oxygen atoms in total. The van der Waals surface area contributed by atoms with Gasteiger partial charge in [0.1, 0.15) is 24.1 Å². The van der Waals surface area contributed by atoms with Crippen LogP contribution in [0.2, 0.25) is 0 Å². The average Bonchev–Trinajstić information content (AvgIpc) is 2.96. The Kier molecular flexibility index (Phi) is 29.7. The van der Waals surface area contributed by atoms with E-state index in [1.165, 1.54) is 102 Å². The molecule has 78 heavy (non-hydrogen) atoms. The van der Waals surface area contributed by atoms with E-state index in [2.05, 4.69) is 31.8 Å². The highest BCUT2D eigenvalue weighted by atomic mass is 16.7. The van der Waals surface area contributed by atoms with Gasteiger partial charge in [-0.3, -0.25) is 15.0 Å². The summed E-state index contributed by atoms with van der Waals surface area (Å²) in [7, 11) is 0. The van der Waals surface area contributed by atoms with Gasteiger partial charge in [-0.05, 0) is 98.2 Å². The zero-order chi connectivity index (χ0) is 55.8. The molecule has 1 aliphatic heterocycles. The lowest BCUT2D eigenvalue weighted by molar-refractivity contribution is -0.384. The molecule has 436 valence electrons. The fourth-order valence-electron chi connectivity index (χ4n) is 12.0. The number of nitro groups is 1. The number of nitro benzene ring substituents is 1. The Labute approximate surface area is 467 Å². The van der Waals surface area contributed by atoms with Crippen LogP contribution in [0.3, 0.4) is 0 Å². The fraction of sp³-hybridized carbons (Fsp3) is 0.698. The van der Waals surface area contributed by atoms with Crippen molar-refractivity contribution in [3.63, 3.8) is 0 Å². The third-order valence-electron chi connectivity index (χ3n) is 16.0. The van der Waals surface area contributed by atoms with Crippen molar-refractivity contribution >= 4 is 23.6 Å². The van der Waals surface area contributed by atoms with Crippen LogP contribution < -0.4 is 14.8 Å². The van der Waals surface area contributed by atoms with E-state index >= 15 is 0 Å². The van der Waals surface area contributed by atoms with Crippen molar-refractivity contribution in [1.29, 1.82) is 0 Å². The van der Waals surface area contributed by atoms with Crippen LogP contribution >= 0.6 is 0 Å². The number of hydrogen-bond acceptors (Lipinski definition) is 12. The molecule has 0 bridgehead atoms. The third-order valence-corrected chi connectivity index (χ3v) is 16.0. The van der Waals surface area contributed by atoms with E-state index in [0.29, 0.717) is 55.1 Å². The van der Waals surface area contributed by atoms with Crippen LogP contribution in [-0.2, 0) is 20.9 Å². The molecule has 1 saturated carbocycles. The molecule has 2 aromatic carbocycles. The minimum Gasteiger partial charge on any atom is -0.459 e. The van der Waals surface area contributed by atoms with E-state index in [-0.39, 0.29) is 62.9 Å². The number of nitrogens with zero attached hydrogens (tertiary/aromatic N) is 3. The summed E-state index contributed by atoms with van der Waals surface area (Å²) in [5.74, 6) is -1.52. The van der Waals surface area contributed by atoms with Crippen LogP contribution in [0.25, 0.3) is 0 Å². The first-order chi connectivity index (χ1) is 38.2. The maximum Gasteiger partial charge on any atom is 0.412 e. The molecular weight excluding hydrogens is 989 g/mol. The second-order valence-electron chi connectivity index (χ2n) is 22.0. The lowest BCUT2D eigenvalue weighted by atomic mass is 9.55. The lowest BCUT2D eigenvalue weighted by Crippen LogP contribution is -2.70. The van der Waals surface area contributed by atoms with Gasteiger partial charge in [0, 0.05) is 56.3 Å². The van der Waals surface area contributed by atoms with Crippen molar-refractivity contribution in [2.45, 2.75) is 225 Å². The van der Waals surface area contributed by atoms with Crippen molar-refractivity contribution < 1.29 is 48.5 Å². The van der Waals surface area contributed by atoms with Crippen molar-refractivity contribution in [1.82, 2.24) is 10.2 Å². The number of nitrogens with one attached hydrogen (secondary N) is 1. The van der Waals surface area contributed by atoms with Crippen LogP contribution in [0.4, 0.5) is 15.3 Å². The molecule has 1 heterocycles. The topological polar surface area (TPSA) is 192 Å². The Morgan fingerprint density at radius 3 is 2.03 bits per heavy atom. The Morgan fingerprint density at radius 2 is 1.42 bits per heavy atom. The number of aliphatic hydroxyl groups is 2. The number of unbranched alkanes of at least 4 members (excludes halogenated alkanes) is 20. The summed E-state index contributed by atoms with van der Waals surface area (Å²) in [6, 6.07) is 10.9. The number of carbonyl (C=O) groups excluding carboxylic acids is 2. The number of aliphatic hydroxyl groups excluding tert-OH is 2. The normalized spacial score (nSPS) is 20.7. The molecule has 0 spiro atoms. The molecule has 0 saturated heterocycles. The number of hydrogen-bond donors (Lipinski definition) is 3. The molecule has 15 heteroatoms. The lowest BCUT2D eigenvalue weighted by Gasteiger charge is -2.59. The van der Waals surface area contributed by atoms with Gasteiger partial charge in [-0.15, -0.1) is 6.58 Å². The summed E-state index contributed by atoms with van der Waals surface area (Å²) in [5.41, 5.74) is 2.98. The molecule has 6 atom stereocenters. The van der Waals surface area contributed by atoms with Gasteiger partial charge >= 0.3 is 12.2 Å². The number of carbonyl (C=O) groups is 2. The van der Waals surface area contributed by atoms with E-state index in [1.54, 1.807) is 29.2 Å². The van der Waals surface area contributed by atoms with E-state index in [1.807, 2.05) is 19.1 Å². The summed E-state index contributed by atoms with van der Waals surface area (Å²) in [6.45, 7) is 12.0. The van der Waals surface area contributed by atoms with Crippen LogP contribution in [0.5, 0.6) is 11.5 Å². The summed E-state index contributed by atoms with van der Waals surface area (Å²) >= 11 is 0. The third kappa shape index (κ3) is 19.7. The zero-order valence-corrected chi connectivity index (χ0v) is 47.9.